The minimum absolute atomic E-state index is 0.0407. The monoisotopic (exact) mass is 384 g/mol. The lowest BCUT2D eigenvalue weighted by Crippen LogP contribution is -2.50. The molecule has 7 heteroatoms. The first-order valence-corrected chi connectivity index (χ1v) is 8.53. The van der Waals surface area contributed by atoms with E-state index >= 15 is 0 Å². The highest BCUT2D eigenvalue weighted by Crippen LogP contribution is 2.43. The number of fused-ring (bicyclic) bond motifs is 1. The molecule has 23 heavy (non-hydrogen) atoms. The van der Waals surface area contributed by atoms with Gasteiger partial charge < -0.3 is 19.0 Å². The molecule has 2 atom stereocenters. The Morgan fingerprint density at radius 3 is 2.74 bits per heavy atom. The summed E-state index contributed by atoms with van der Waals surface area (Å²) >= 11 is 3.22. The highest BCUT2D eigenvalue weighted by molar-refractivity contribution is 9.10. The number of piperidine rings is 1. The number of ether oxygens (including phenoxy) is 1. The quantitative estimate of drug-likeness (QED) is 0.799. The minimum Gasteiger partial charge on any atom is -0.444 e. The third kappa shape index (κ3) is 3.04. The summed E-state index contributed by atoms with van der Waals surface area (Å²) in [7, 11) is 1.69. The Morgan fingerprint density at radius 1 is 1.39 bits per heavy atom. The summed E-state index contributed by atoms with van der Waals surface area (Å²) in [5, 5.41) is 0. The van der Waals surface area contributed by atoms with Gasteiger partial charge in [-0.2, -0.15) is 0 Å². The molecule has 2 amide bonds. The van der Waals surface area contributed by atoms with Crippen LogP contribution in [0.1, 0.15) is 23.9 Å². The van der Waals surface area contributed by atoms with Crippen molar-refractivity contribution in [2.24, 2.45) is 11.3 Å². The van der Waals surface area contributed by atoms with Crippen LogP contribution in [0.5, 0.6) is 0 Å². The maximum atomic E-state index is 12.6. The van der Waals surface area contributed by atoms with E-state index in [1.807, 2.05) is 9.80 Å². The summed E-state index contributed by atoms with van der Waals surface area (Å²) in [6.07, 6.45) is 0.836. The number of halogens is 1. The van der Waals surface area contributed by atoms with E-state index < -0.39 is 0 Å². The second-order valence-electron chi connectivity index (χ2n) is 6.50. The largest absolute Gasteiger partial charge is 0.444 e. The zero-order valence-corrected chi connectivity index (χ0v) is 15.0. The molecule has 3 heterocycles. The highest BCUT2D eigenvalue weighted by Gasteiger charge is 2.51. The third-order valence-corrected chi connectivity index (χ3v) is 5.51. The SMILES string of the molecule is COC[C@@]12CCN(C(=O)c3ccc(Br)o3)C[C@@H]1CN(C(C)=O)C2. The van der Waals surface area contributed by atoms with Crippen LogP contribution in [0.15, 0.2) is 21.2 Å². The van der Waals surface area contributed by atoms with Gasteiger partial charge >= 0.3 is 0 Å². The number of hydrogen-bond donors (Lipinski definition) is 0. The molecule has 126 valence electrons. The van der Waals surface area contributed by atoms with Crippen LogP contribution < -0.4 is 0 Å². The Kier molecular flexibility index (Phi) is 4.51. The molecule has 0 bridgehead atoms. The fraction of sp³-hybridized carbons (Fsp3) is 0.625. The van der Waals surface area contributed by atoms with E-state index in [9.17, 15) is 9.59 Å². The number of furan rings is 1. The normalized spacial score (nSPS) is 27.2. The van der Waals surface area contributed by atoms with E-state index in [4.69, 9.17) is 9.15 Å². The van der Waals surface area contributed by atoms with E-state index in [1.165, 1.54) is 0 Å². The smallest absolute Gasteiger partial charge is 0.289 e. The summed E-state index contributed by atoms with van der Waals surface area (Å²) in [5.41, 5.74) is -0.0407. The summed E-state index contributed by atoms with van der Waals surface area (Å²) < 4.78 is 11.4. The molecule has 3 rings (SSSR count). The average molecular weight is 385 g/mol. The van der Waals surface area contributed by atoms with Crippen LogP contribution in [0.2, 0.25) is 0 Å². The Hall–Kier alpha value is -1.34. The summed E-state index contributed by atoms with van der Waals surface area (Å²) in [5.74, 6) is 0.575. The lowest BCUT2D eigenvalue weighted by atomic mass is 9.73. The second kappa shape index (κ2) is 6.28. The van der Waals surface area contributed by atoms with Crippen LogP contribution in [0.4, 0.5) is 0 Å². The molecule has 2 aliphatic rings. The van der Waals surface area contributed by atoms with Gasteiger partial charge in [0.25, 0.3) is 5.91 Å². The second-order valence-corrected chi connectivity index (χ2v) is 7.28. The van der Waals surface area contributed by atoms with Crippen molar-refractivity contribution in [2.75, 3.05) is 39.9 Å². The van der Waals surface area contributed by atoms with Crippen LogP contribution in [0.25, 0.3) is 0 Å². The number of amides is 2. The lowest BCUT2D eigenvalue weighted by molar-refractivity contribution is -0.128. The number of methoxy groups -OCH3 is 1. The van der Waals surface area contributed by atoms with Gasteiger partial charge in [-0.15, -0.1) is 0 Å². The topological polar surface area (TPSA) is 63.0 Å². The predicted molar refractivity (Wildman–Crippen MR) is 87.0 cm³/mol. The van der Waals surface area contributed by atoms with E-state index in [0.29, 0.717) is 36.7 Å². The molecular formula is C16H21BrN2O4. The van der Waals surface area contributed by atoms with Crippen molar-refractivity contribution in [1.82, 2.24) is 9.80 Å². The molecule has 2 saturated heterocycles. The number of likely N-dealkylation sites (tertiary alicyclic amines) is 2. The van der Waals surface area contributed by atoms with E-state index in [-0.39, 0.29) is 23.1 Å². The Balaban J connectivity index is 1.76. The van der Waals surface area contributed by atoms with Crippen LogP contribution in [0.3, 0.4) is 0 Å². The van der Waals surface area contributed by atoms with Gasteiger partial charge in [-0.3, -0.25) is 9.59 Å². The Morgan fingerprint density at radius 2 is 2.13 bits per heavy atom. The van der Waals surface area contributed by atoms with Crippen LogP contribution in [-0.4, -0.2) is 61.5 Å². The molecule has 0 aromatic carbocycles. The molecular weight excluding hydrogens is 364 g/mol. The maximum Gasteiger partial charge on any atom is 0.289 e. The summed E-state index contributed by atoms with van der Waals surface area (Å²) in [6, 6.07) is 3.40. The van der Waals surface area contributed by atoms with Crippen molar-refractivity contribution in [3.8, 4) is 0 Å². The molecule has 0 unspecified atom stereocenters. The lowest BCUT2D eigenvalue weighted by Gasteiger charge is -2.42. The Labute approximate surface area is 143 Å². The fourth-order valence-electron chi connectivity index (χ4n) is 3.82. The van der Waals surface area contributed by atoms with Crippen molar-refractivity contribution in [2.45, 2.75) is 13.3 Å². The predicted octanol–water partition coefficient (Wildman–Crippen LogP) is 2.00. The molecule has 0 aliphatic carbocycles. The standard InChI is InChI=1S/C16H21BrN2O4/c1-11(20)19-8-12-7-18(6-5-16(12,9-19)10-22-2)15(21)13-3-4-14(17)23-13/h3-4,12H,5-10H2,1-2H3/t12-,16+/m1/s1. The van der Waals surface area contributed by atoms with E-state index in [1.54, 1.807) is 26.2 Å². The van der Waals surface area contributed by atoms with Crippen LogP contribution >= 0.6 is 15.9 Å². The molecule has 0 spiro atoms. The number of rotatable bonds is 3. The maximum absolute atomic E-state index is 12.6. The zero-order valence-electron chi connectivity index (χ0n) is 13.4. The van der Waals surface area contributed by atoms with Gasteiger partial charge in [0, 0.05) is 51.5 Å². The summed E-state index contributed by atoms with van der Waals surface area (Å²) in [4.78, 5) is 28.0. The van der Waals surface area contributed by atoms with Gasteiger partial charge in [0.2, 0.25) is 5.91 Å². The third-order valence-electron chi connectivity index (χ3n) is 5.08. The first-order valence-electron chi connectivity index (χ1n) is 7.74. The van der Waals surface area contributed by atoms with Crippen molar-refractivity contribution < 1.29 is 18.7 Å². The molecule has 0 saturated carbocycles. The van der Waals surface area contributed by atoms with Crippen LogP contribution in [-0.2, 0) is 9.53 Å². The first kappa shape index (κ1) is 16.5. The van der Waals surface area contributed by atoms with Gasteiger partial charge in [-0.25, -0.2) is 0 Å². The molecule has 0 radical (unpaired) electrons. The van der Waals surface area contributed by atoms with Crippen molar-refractivity contribution in [3.63, 3.8) is 0 Å². The van der Waals surface area contributed by atoms with Crippen molar-refractivity contribution in [3.05, 3.63) is 22.6 Å². The van der Waals surface area contributed by atoms with Gasteiger partial charge in [-0.05, 0) is 34.5 Å². The molecule has 1 aromatic rings. The highest BCUT2D eigenvalue weighted by atomic mass is 79.9. The average Bonchev–Trinajstić information content (AvgIpc) is 3.10. The molecule has 6 nitrogen and oxygen atoms in total. The van der Waals surface area contributed by atoms with E-state index in [2.05, 4.69) is 15.9 Å². The molecule has 0 N–H and O–H groups in total. The van der Waals surface area contributed by atoms with Crippen molar-refractivity contribution in [1.29, 1.82) is 0 Å². The zero-order chi connectivity index (χ0) is 16.6. The van der Waals surface area contributed by atoms with Gasteiger partial charge in [0.1, 0.15) is 0 Å². The van der Waals surface area contributed by atoms with Crippen molar-refractivity contribution >= 4 is 27.7 Å². The summed E-state index contributed by atoms with van der Waals surface area (Å²) in [6.45, 7) is 4.91. The number of nitrogens with zero attached hydrogens (tertiary/aromatic N) is 2. The van der Waals surface area contributed by atoms with Gasteiger partial charge in [0.05, 0.1) is 6.61 Å². The van der Waals surface area contributed by atoms with Gasteiger partial charge in [-0.1, -0.05) is 0 Å². The molecule has 2 aliphatic heterocycles. The number of hydrogen-bond acceptors (Lipinski definition) is 4. The number of carbonyl (C=O) groups is 2. The first-order chi connectivity index (χ1) is 10.9. The number of carbonyl (C=O) groups excluding carboxylic acids is 2. The Bertz CT molecular complexity index is 617. The molecule has 1 aromatic heterocycles. The fourth-order valence-corrected chi connectivity index (χ4v) is 4.12. The van der Waals surface area contributed by atoms with E-state index in [0.717, 1.165) is 13.0 Å². The molecule has 2 fully saturated rings. The van der Waals surface area contributed by atoms with Crippen LogP contribution in [0, 0.1) is 11.3 Å². The minimum atomic E-state index is -0.0945. The van der Waals surface area contributed by atoms with Gasteiger partial charge in [0.15, 0.2) is 10.4 Å².